The van der Waals surface area contributed by atoms with Gasteiger partial charge in [0.05, 0.1) is 6.54 Å². The number of hydrogen-bond acceptors (Lipinski definition) is 4. The molecule has 0 atom stereocenters. The van der Waals surface area contributed by atoms with Crippen LogP contribution in [0, 0.1) is 29.6 Å². The van der Waals surface area contributed by atoms with Crippen LogP contribution in [0.15, 0.2) is 18.2 Å². The Labute approximate surface area is 171 Å². The molecular weight excluding hydrogens is 368 g/mol. The van der Waals surface area contributed by atoms with Gasteiger partial charge in [0, 0.05) is 24.2 Å². The van der Waals surface area contributed by atoms with E-state index in [1.54, 1.807) is 23.1 Å². The van der Waals surface area contributed by atoms with Gasteiger partial charge in [-0.15, -0.1) is 0 Å². The number of carbonyl (C=O) groups excluding carboxylic acids is 2. The number of likely N-dealkylation sites (N-methyl/N-ethyl adjacent to an activating group) is 1. The van der Waals surface area contributed by atoms with Gasteiger partial charge in [-0.3, -0.25) is 9.59 Å². The Morgan fingerprint density at radius 1 is 1.00 bits per heavy atom. The molecule has 0 unspecified atom stereocenters. The molecule has 5 aliphatic rings. The summed E-state index contributed by atoms with van der Waals surface area (Å²) in [5.41, 5.74) is 0.664. The van der Waals surface area contributed by atoms with E-state index in [9.17, 15) is 9.59 Å². The van der Waals surface area contributed by atoms with Crippen molar-refractivity contribution in [1.29, 1.82) is 0 Å². The Bertz CT molecular complexity index is 780. The van der Waals surface area contributed by atoms with Gasteiger partial charge in [-0.1, -0.05) is 0 Å². The standard InChI is InChI=1S/C23H30N2O4/c1-2-25(23(27)22-16-8-14-7-15(10-16)11-17(22)9-14)13-21(26)24-18-3-4-19-20(12-18)29-6-5-28-19/h3-4,12,14-17,22H,2,5-11,13H2,1H3,(H,24,26). The Hall–Kier alpha value is -2.24. The third-order valence-corrected chi connectivity index (χ3v) is 7.37. The Morgan fingerprint density at radius 3 is 2.31 bits per heavy atom. The van der Waals surface area contributed by atoms with Gasteiger partial charge in [0.2, 0.25) is 11.8 Å². The SMILES string of the molecule is CCN(CC(=O)Nc1ccc2c(c1)OCCO2)C(=O)C1C2CC3CC(C2)CC1C3. The number of hydrogen-bond donors (Lipinski definition) is 1. The van der Waals surface area contributed by atoms with Crippen molar-refractivity contribution < 1.29 is 19.1 Å². The maximum Gasteiger partial charge on any atom is 0.243 e. The molecule has 4 saturated carbocycles. The fourth-order valence-corrected chi connectivity index (χ4v) is 6.38. The zero-order valence-electron chi connectivity index (χ0n) is 17.1. The van der Waals surface area contributed by atoms with Crippen LogP contribution in [-0.4, -0.2) is 43.0 Å². The smallest absolute Gasteiger partial charge is 0.243 e. The summed E-state index contributed by atoms with van der Waals surface area (Å²) in [6.45, 7) is 3.68. The second-order valence-corrected chi connectivity index (χ2v) is 9.22. The number of ether oxygens (including phenoxy) is 2. The highest BCUT2D eigenvalue weighted by atomic mass is 16.6. The first-order chi connectivity index (χ1) is 14.1. The average Bonchev–Trinajstić information content (AvgIpc) is 2.71. The molecule has 156 valence electrons. The topological polar surface area (TPSA) is 67.9 Å². The van der Waals surface area contributed by atoms with Gasteiger partial charge in [0.1, 0.15) is 13.2 Å². The van der Waals surface area contributed by atoms with Crippen molar-refractivity contribution in [3.05, 3.63) is 18.2 Å². The van der Waals surface area contributed by atoms with E-state index in [2.05, 4.69) is 5.32 Å². The largest absolute Gasteiger partial charge is 0.486 e. The summed E-state index contributed by atoms with van der Waals surface area (Å²) in [6.07, 6.45) is 6.23. The van der Waals surface area contributed by atoms with Crippen molar-refractivity contribution in [3.63, 3.8) is 0 Å². The molecule has 1 aromatic rings. The highest BCUT2D eigenvalue weighted by Gasteiger charge is 2.51. The molecule has 4 aliphatic carbocycles. The molecule has 6 rings (SSSR count). The Balaban J connectivity index is 1.23. The fraction of sp³-hybridized carbons (Fsp3) is 0.652. The molecule has 0 saturated heterocycles. The minimum absolute atomic E-state index is 0.104. The van der Waals surface area contributed by atoms with Gasteiger partial charge in [0.15, 0.2) is 11.5 Å². The highest BCUT2D eigenvalue weighted by molar-refractivity contribution is 5.95. The third kappa shape index (κ3) is 3.58. The van der Waals surface area contributed by atoms with Crippen LogP contribution in [0.2, 0.25) is 0 Å². The molecule has 1 N–H and O–H groups in total. The summed E-state index contributed by atoms with van der Waals surface area (Å²) in [5.74, 6) is 4.25. The molecule has 0 radical (unpaired) electrons. The summed E-state index contributed by atoms with van der Waals surface area (Å²) < 4.78 is 11.1. The van der Waals surface area contributed by atoms with Crippen LogP contribution in [0.1, 0.15) is 39.0 Å². The van der Waals surface area contributed by atoms with Gasteiger partial charge in [0.25, 0.3) is 0 Å². The molecule has 2 amide bonds. The number of nitrogens with zero attached hydrogens (tertiary/aromatic N) is 1. The number of benzene rings is 1. The monoisotopic (exact) mass is 398 g/mol. The zero-order chi connectivity index (χ0) is 20.0. The molecule has 1 aromatic carbocycles. The van der Waals surface area contributed by atoms with Crippen molar-refractivity contribution in [1.82, 2.24) is 4.90 Å². The summed E-state index contributed by atoms with van der Waals surface area (Å²) in [7, 11) is 0. The first-order valence-corrected chi connectivity index (χ1v) is 11.1. The molecule has 4 fully saturated rings. The normalized spacial score (nSPS) is 31.4. The highest BCUT2D eigenvalue weighted by Crippen LogP contribution is 2.56. The van der Waals surface area contributed by atoms with E-state index in [1.165, 1.54) is 32.1 Å². The average molecular weight is 399 g/mol. The lowest BCUT2D eigenvalue weighted by Crippen LogP contribution is -2.52. The Kier molecular flexibility index (Phi) is 4.88. The predicted octanol–water partition coefficient (Wildman–Crippen LogP) is 3.32. The number of anilines is 1. The van der Waals surface area contributed by atoms with E-state index in [0.29, 0.717) is 48.8 Å². The van der Waals surface area contributed by atoms with E-state index < -0.39 is 0 Å². The van der Waals surface area contributed by atoms with E-state index in [-0.39, 0.29) is 24.3 Å². The first-order valence-electron chi connectivity index (χ1n) is 11.1. The van der Waals surface area contributed by atoms with Crippen molar-refractivity contribution in [3.8, 4) is 11.5 Å². The molecule has 0 aromatic heterocycles. The lowest BCUT2D eigenvalue weighted by Gasteiger charge is -2.54. The van der Waals surface area contributed by atoms with E-state index in [4.69, 9.17) is 9.47 Å². The molecule has 6 heteroatoms. The summed E-state index contributed by atoms with van der Waals surface area (Å²) in [6, 6.07) is 5.39. The third-order valence-electron chi connectivity index (χ3n) is 7.37. The molecule has 4 bridgehead atoms. The second kappa shape index (κ2) is 7.54. The van der Waals surface area contributed by atoms with Gasteiger partial charge < -0.3 is 19.7 Å². The van der Waals surface area contributed by atoms with E-state index in [0.717, 1.165) is 11.8 Å². The summed E-state index contributed by atoms with van der Waals surface area (Å²) in [4.78, 5) is 27.8. The van der Waals surface area contributed by atoms with Crippen molar-refractivity contribution in [2.45, 2.75) is 39.0 Å². The molecule has 6 nitrogen and oxygen atoms in total. The van der Waals surface area contributed by atoms with Crippen LogP contribution in [-0.2, 0) is 9.59 Å². The van der Waals surface area contributed by atoms with Crippen LogP contribution in [0.25, 0.3) is 0 Å². The van der Waals surface area contributed by atoms with E-state index in [1.807, 2.05) is 6.92 Å². The van der Waals surface area contributed by atoms with Crippen molar-refractivity contribution in [2.24, 2.45) is 29.6 Å². The van der Waals surface area contributed by atoms with Gasteiger partial charge >= 0.3 is 0 Å². The van der Waals surface area contributed by atoms with Crippen LogP contribution in [0.5, 0.6) is 11.5 Å². The van der Waals surface area contributed by atoms with Gasteiger partial charge in [-0.25, -0.2) is 0 Å². The number of fused-ring (bicyclic) bond motifs is 1. The number of carbonyl (C=O) groups is 2. The molecule has 1 heterocycles. The van der Waals surface area contributed by atoms with Crippen LogP contribution in [0.3, 0.4) is 0 Å². The Morgan fingerprint density at radius 2 is 1.66 bits per heavy atom. The quantitative estimate of drug-likeness (QED) is 0.826. The minimum atomic E-state index is -0.166. The van der Waals surface area contributed by atoms with Crippen molar-refractivity contribution >= 4 is 17.5 Å². The minimum Gasteiger partial charge on any atom is -0.486 e. The fourth-order valence-electron chi connectivity index (χ4n) is 6.38. The number of rotatable bonds is 5. The molecule has 0 spiro atoms. The predicted molar refractivity (Wildman–Crippen MR) is 109 cm³/mol. The van der Waals surface area contributed by atoms with E-state index >= 15 is 0 Å². The van der Waals surface area contributed by atoms with Gasteiger partial charge in [-0.05, 0) is 74.8 Å². The lowest BCUT2D eigenvalue weighted by molar-refractivity contribution is -0.150. The maximum atomic E-state index is 13.4. The first kappa shape index (κ1) is 18.8. The van der Waals surface area contributed by atoms with Crippen LogP contribution >= 0.6 is 0 Å². The van der Waals surface area contributed by atoms with Crippen LogP contribution < -0.4 is 14.8 Å². The number of amides is 2. The van der Waals surface area contributed by atoms with Crippen molar-refractivity contribution in [2.75, 3.05) is 31.6 Å². The summed E-state index contributed by atoms with van der Waals surface area (Å²) >= 11 is 0. The molecular formula is C23H30N2O4. The second-order valence-electron chi connectivity index (χ2n) is 9.22. The number of nitrogens with one attached hydrogen (secondary N) is 1. The molecule has 1 aliphatic heterocycles. The maximum absolute atomic E-state index is 13.4. The zero-order valence-corrected chi connectivity index (χ0v) is 17.1. The lowest BCUT2D eigenvalue weighted by atomic mass is 9.51. The van der Waals surface area contributed by atoms with Gasteiger partial charge in [-0.2, -0.15) is 0 Å². The van der Waals surface area contributed by atoms with Crippen LogP contribution in [0.4, 0.5) is 5.69 Å². The molecule has 29 heavy (non-hydrogen) atoms. The summed E-state index contributed by atoms with van der Waals surface area (Å²) in [5, 5.41) is 2.91.